The number of nitrogens with zero attached hydrogens (tertiary/aromatic N) is 4. The molecule has 0 aromatic carbocycles. The fourth-order valence-corrected chi connectivity index (χ4v) is 3.92. The maximum Gasteiger partial charge on any atom is 0.317 e. The first-order chi connectivity index (χ1) is 18.9. The number of nitrogens with one attached hydrogen (secondary N) is 1. The van der Waals surface area contributed by atoms with Crippen LogP contribution in [-0.2, 0) is 33.6 Å². The Balaban J connectivity index is 2.57. The summed E-state index contributed by atoms with van der Waals surface area (Å²) in [7, 11) is 0. The third-order valence-corrected chi connectivity index (χ3v) is 5.80. The summed E-state index contributed by atoms with van der Waals surface area (Å²) in [4.78, 5) is 85.0. The van der Waals surface area contributed by atoms with Crippen LogP contribution in [0.1, 0.15) is 25.7 Å². The highest BCUT2D eigenvalue weighted by Crippen LogP contribution is 2.07. The van der Waals surface area contributed by atoms with E-state index < -0.39 is 50.1 Å². The maximum atomic E-state index is 12.5. The molecule has 1 rings (SSSR count). The number of hydrogen-bond donors (Lipinski definition) is 5. The van der Waals surface area contributed by atoms with Crippen molar-refractivity contribution in [3.63, 3.8) is 0 Å². The minimum absolute atomic E-state index is 0.0126. The van der Waals surface area contributed by atoms with E-state index in [9.17, 15) is 33.6 Å². The molecule has 224 valence electrons. The van der Waals surface area contributed by atoms with Crippen LogP contribution in [0.15, 0.2) is 12.2 Å². The Morgan fingerprint density at radius 2 is 1.00 bits per heavy atom. The van der Waals surface area contributed by atoms with Gasteiger partial charge in [0.15, 0.2) is 0 Å². The number of imide groups is 1. The van der Waals surface area contributed by atoms with E-state index in [-0.39, 0.29) is 50.4 Å². The second-order valence-electron chi connectivity index (χ2n) is 9.20. The molecule has 0 aromatic rings. The highest BCUT2D eigenvalue weighted by atomic mass is 16.4. The van der Waals surface area contributed by atoms with Crippen LogP contribution in [-0.4, -0.2) is 154 Å². The van der Waals surface area contributed by atoms with Gasteiger partial charge < -0.3 is 25.7 Å². The summed E-state index contributed by atoms with van der Waals surface area (Å²) in [5.41, 5.74) is 0. The zero-order valence-corrected chi connectivity index (χ0v) is 22.2. The van der Waals surface area contributed by atoms with Gasteiger partial charge in [0.1, 0.15) is 0 Å². The Bertz CT molecular complexity index is 865. The van der Waals surface area contributed by atoms with Crippen LogP contribution in [0.2, 0.25) is 0 Å². The number of hydrogen-bond acceptors (Lipinski definition) is 10. The predicted octanol–water partition coefficient (Wildman–Crippen LogP) is -2.17. The van der Waals surface area contributed by atoms with E-state index in [0.29, 0.717) is 25.9 Å². The van der Waals surface area contributed by atoms with Gasteiger partial charge in [-0.1, -0.05) is 12.8 Å². The Morgan fingerprint density at radius 1 is 0.600 bits per heavy atom. The molecule has 0 unspecified atom stereocenters. The van der Waals surface area contributed by atoms with Gasteiger partial charge in [-0.2, -0.15) is 0 Å². The first-order valence-corrected chi connectivity index (χ1v) is 12.7. The first kappa shape index (κ1) is 34.1. The lowest BCUT2D eigenvalue weighted by Gasteiger charge is -2.28. The number of aliphatic carboxylic acids is 4. The van der Waals surface area contributed by atoms with Gasteiger partial charge in [0.25, 0.3) is 11.8 Å². The lowest BCUT2D eigenvalue weighted by Crippen LogP contribution is -2.47. The van der Waals surface area contributed by atoms with E-state index in [1.165, 1.54) is 26.9 Å². The zero-order chi connectivity index (χ0) is 30.1. The molecule has 5 N–H and O–H groups in total. The van der Waals surface area contributed by atoms with E-state index in [2.05, 4.69) is 5.32 Å². The van der Waals surface area contributed by atoms with Gasteiger partial charge in [-0.15, -0.1) is 0 Å². The van der Waals surface area contributed by atoms with Gasteiger partial charge in [0.2, 0.25) is 5.91 Å². The summed E-state index contributed by atoms with van der Waals surface area (Å²) in [5.74, 6) is -5.94. The first-order valence-electron chi connectivity index (χ1n) is 12.7. The monoisotopic (exact) mass is 571 g/mol. The number of unbranched alkanes of at least 4 members (excludes halogenated alkanes) is 3. The molecular formula is C24H37N5O11. The molecule has 0 radical (unpaired) electrons. The number of carbonyl (C=O) groups is 7. The quantitative estimate of drug-likeness (QED) is 0.0650. The van der Waals surface area contributed by atoms with E-state index >= 15 is 0 Å². The molecule has 0 aromatic heterocycles. The van der Waals surface area contributed by atoms with Crippen molar-refractivity contribution in [2.75, 3.05) is 72.0 Å². The van der Waals surface area contributed by atoms with Crippen molar-refractivity contribution < 1.29 is 54.0 Å². The minimum atomic E-state index is -1.23. The SMILES string of the molecule is O=C(O)CN(CCN(CCN(CC(=O)O)CC(=O)O)CC(=O)NCCCCCCN1C(=O)C=CC1=O)CC(=O)O. The van der Waals surface area contributed by atoms with Crippen molar-refractivity contribution >= 4 is 41.6 Å². The van der Waals surface area contributed by atoms with Gasteiger partial charge >= 0.3 is 23.9 Å². The van der Waals surface area contributed by atoms with Crippen molar-refractivity contribution in [3.8, 4) is 0 Å². The van der Waals surface area contributed by atoms with Crippen LogP contribution in [0.25, 0.3) is 0 Å². The van der Waals surface area contributed by atoms with E-state index in [0.717, 1.165) is 12.8 Å². The molecular weight excluding hydrogens is 534 g/mol. The molecule has 0 fully saturated rings. The van der Waals surface area contributed by atoms with Gasteiger partial charge in [0.05, 0.1) is 32.7 Å². The standard InChI is InChI=1S/C24H37N5O11/c30-18(25-7-3-1-2-4-8-29-19(31)5-6-20(29)32)13-26(9-11-27(14-21(33)34)15-22(35)36)10-12-28(16-23(37)38)17-24(39)40/h5-6H,1-4,7-17H2,(H,25,30)(H,33,34)(H,35,36)(H,37,38)(H,39,40). The number of carboxylic acid groups (broad SMARTS) is 4. The van der Waals surface area contributed by atoms with E-state index in [4.69, 9.17) is 20.4 Å². The smallest absolute Gasteiger partial charge is 0.317 e. The second-order valence-corrected chi connectivity index (χ2v) is 9.20. The summed E-state index contributed by atoms with van der Waals surface area (Å²) in [6.45, 7) is -1.50. The van der Waals surface area contributed by atoms with Crippen LogP contribution >= 0.6 is 0 Å². The van der Waals surface area contributed by atoms with Gasteiger partial charge in [-0.25, -0.2) is 0 Å². The zero-order valence-electron chi connectivity index (χ0n) is 22.2. The highest BCUT2D eigenvalue weighted by molar-refractivity contribution is 6.12. The average molecular weight is 572 g/mol. The molecule has 0 spiro atoms. The van der Waals surface area contributed by atoms with Gasteiger partial charge in [-0.3, -0.25) is 53.2 Å². The number of amides is 3. The van der Waals surface area contributed by atoms with Crippen LogP contribution in [0.3, 0.4) is 0 Å². The molecule has 1 aliphatic heterocycles. The van der Waals surface area contributed by atoms with Gasteiger partial charge in [-0.05, 0) is 12.8 Å². The Hall–Kier alpha value is -3.89. The fraction of sp³-hybridized carbons (Fsp3) is 0.625. The Labute approximate surface area is 230 Å². The van der Waals surface area contributed by atoms with Crippen molar-refractivity contribution in [2.24, 2.45) is 0 Å². The minimum Gasteiger partial charge on any atom is -0.480 e. The molecule has 40 heavy (non-hydrogen) atoms. The summed E-state index contributed by atoms with van der Waals surface area (Å²) in [5, 5.41) is 38.9. The van der Waals surface area contributed by atoms with Crippen LogP contribution in [0.4, 0.5) is 0 Å². The molecule has 0 bridgehead atoms. The Morgan fingerprint density at radius 3 is 1.43 bits per heavy atom. The Kier molecular flexibility index (Phi) is 15.7. The molecule has 3 amide bonds. The van der Waals surface area contributed by atoms with Crippen LogP contribution in [0, 0.1) is 0 Å². The summed E-state index contributed by atoms with van der Waals surface area (Å²) in [6.07, 6.45) is 5.21. The van der Waals surface area contributed by atoms with Gasteiger partial charge in [0, 0.05) is 51.4 Å². The third kappa shape index (κ3) is 15.5. The number of rotatable bonds is 23. The van der Waals surface area contributed by atoms with E-state index in [1.54, 1.807) is 4.90 Å². The highest BCUT2D eigenvalue weighted by Gasteiger charge is 2.22. The molecule has 0 saturated carbocycles. The molecule has 0 atom stereocenters. The van der Waals surface area contributed by atoms with Crippen molar-refractivity contribution in [1.82, 2.24) is 24.9 Å². The normalized spacial score (nSPS) is 13.0. The maximum absolute atomic E-state index is 12.5. The second kappa shape index (κ2) is 18.4. The predicted molar refractivity (Wildman–Crippen MR) is 137 cm³/mol. The lowest BCUT2D eigenvalue weighted by molar-refractivity contribution is -0.143. The molecule has 1 heterocycles. The third-order valence-electron chi connectivity index (χ3n) is 5.80. The molecule has 1 aliphatic rings. The average Bonchev–Trinajstić information content (AvgIpc) is 3.15. The molecule has 0 aliphatic carbocycles. The van der Waals surface area contributed by atoms with Crippen molar-refractivity contribution in [3.05, 3.63) is 12.2 Å². The van der Waals surface area contributed by atoms with Crippen LogP contribution < -0.4 is 5.32 Å². The van der Waals surface area contributed by atoms with Crippen LogP contribution in [0.5, 0.6) is 0 Å². The lowest BCUT2D eigenvalue weighted by atomic mass is 10.2. The molecule has 16 heteroatoms. The number of carbonyl (C=O) groups excluding carboxylic acids is 3. The molecule has 16 nitrogen and oxygen atoms in total. The fourth-order valence-electron chi connectivity index (χ4n) is 3.92. The summed E-state index contributed by atoms with van der Waals surface area (Å²) < 4.78 is 0. The molecule has 0 saturated heterocycles. The number of carboxylic acids is 4. The largest absolute Gasteiger partial charge is 0.480 e. The van der Waals surface area contributed by atoms with Crippen molar-refractivity contribution in [2.45, 2.75) is 25.7 Å². The van der Waals surface area contributed by atoms with Crippen molar-refractivity contribution in [1.29, 1.82) is 0 Å². The van der Waals surface area contributed by atoms with E-state index in [1.807, 2.05) is 0 Å². The summed E-state index contributed by atoms with van der Waals surface area (Å²) >= 11 is 0. The topological polar surface area (TPSA) is 225 Å². The summed E-state index contributed by atoms with van der Waals surface area (Å²) in [6, 6.07) is 0.